The lowest BCUT2D eigenvalue weighted by atomic mass is 9.94. The minimum Gasteiger partial charge on any atom is -0.444 e. The van der Waals surface area contributed by atoms with E-state index in [1.54, 1.807) is 27.0 Å². The molecule has 1 N–H and O–H groups in total. The van der Waals surface area contributed by atoms with Gasteiger partial charge >= 0.3 is 6.09 Å². The van der Waals surface area contributed by atoms with Gasteiger partial charge in [0.1, 0.15) is 22.2 Å². The van der Waals surface area contributed by atoms with E-state index >= 15 is 8.78 Å². The molecule has 0 saturated carbocycles. The van der Waals surface area contributed by atoms with Gasteiger partial charge in [-0.1, -0.05) is 0 Å². The van der Waals surface area contributed by atoms with E-state index in [9.17, 15) is 10.1 Å². The number of nitrogens with zero attached hydrogens (tertiary/aromatic N) is 7. The van der Waals surface area contributed by atoms with Gasteiger partial charge < -0.3 is 19.3 Å². The first-order chi connectivity index (χ1) is 21.9. The van der Waals surface area contributed by atoms with Crippen LogP contribution in [-0.2, 0) is 22.7 Å². The van der Waals surface area contributed by atoms with E-state index in [4.69, 9.17) is 14.5 Å². The lowest BCUT2D eigenvalue weighted by molar-refractivity contribution is 0.0342. The summed E-state index contributed by atoms with van der Waals surface area (Å²) in [5.41, 5.74) is 0.750. The van der Waals surface area contributed by atoms with Crippen LogP contribution >= 0.6 is 11.3 Å². The summed E-state index contributed by atoms with van der Waals surface area (Å²) in [6.45, 7) is 9.01. The highest BCUT2D eigenvalue weighted by molar-refractivity contribution is 7.23. The highest BCUT2D eigenvalue weighted by atomic mass is 32.1. The molecule has 2 saturated heterocycles. The number of ether oxygens (including phenoxy) is 2. The second-order valence-electron chi connectivity index (χ2n) is 13.2. The fourth-order valence-electron chi connectivity index (χ4n) is 6.49. The molecule has 3 aliphatic rings. The Morgan fingerprint density at radius 3 is 2.65 bits per heavy atom. The van der Waals surface area contributed by atoms with Gasteiger partial charge in [0.2, 0.25) is 5.95 Å². The number of pyridine rings is 1. The van der Waals surface area contributed by atoms with Gasteiger partial charge in [0.15, 0.2) is 11.6 Å². The number of rotatable bonds is 5. The Kier molecular flexibility index (Phi) is 7.55. The number of likely N-dealkylation sites (N-methyl/N-ethyl adjacent to an activating group) is 1. The molecule has 11 nitrogen and oxygen atoms in total. The lowest BCUT2D eigenvalue weighted by Crippen LogP contribution is -2.61. The van der Waals surface area contributed by atoms with Gasteiger partial charge in [0.05, 0.1) is 35.4 Å². The van der Waals surface area contributed by atoms with Crippen molar-refractivity contribution in [3.05, 3.63) is 40.7 Å². The molecule has 240 valence electrons. The third-order valence-electron chi connectivity index (χ3n) is 8.90. The van der Waals surface area contributed by atoms with Gasteiger partial charge in [0.25, 0.3) is 0 Å². The third kappa shape index (κ3) is 5.21. The molecule has 0 spiro atoms. The standard InChI is InChI=1S/C32H34F2N8O3S/c1-32(2,3)45-31(43)39-29-18(8-35)24-27(36-10-22(33)28(24)46-29)23-21-15-44-14-20(21)19-9-37-30(38-26(19)25(23)34)41-7-6-16(11-41)42-12-17(13-42)40(4)5/h9-10,16-17H,6-7,11-15H2,1-5H3,(H,39,43)/t16-/m0/s1. The second kappa shape index (κ2) is 11.3. The van der Waals surface area contributed by atoms with Crippen molar-refractivity contribution in [2.75, 3.05) is 50.5 Å². The Balaban J connectivity index is 1.30. The normalized spacial score (nSPS) is 18.8. The van der Waals surface area contributed by atoms with E-state index in [-0.39, 0.29) is 50.6 Å². The van der Waals surface area contributed by atoms with Gasteiger partial charge in [-0.2, -0.15) is 5.26 Å². The number of hydrogen-bond acceptors (Lipinski definition) is 11. The smallest absolute Gasteiger partial charge is 0.412 e. The van der Waals surface area contributed by atoms with Crippen LogP contribution in [0.25, 0.3) is 32.2 Å². The first-order valence-electron chi connectivity index (χ1n) is 15.2. The van der Waals surface area contributed by atoms with Gasteiger partial charge in [0, 0.05) is 60.8 Å². The van der Waals surface area contributed by atoms with Crippen LogP contribution < -0.4 is 10.2 Å². The van der Waals surface area contributed by atoms with Crippen molar-refractivity contribution in [1.29, 1.82) is 5.26 Å². The number of anilines is 2. The maximum atomic E-state index is 16.9. The molecule has 4 aromatic rings. The maximum Gasteiger partial charge on any atom is 0.412 e. The molecule has 14 heteroatoms. The van der Waals surface area contributed by atoms with E-state index in [1.807, 2.05) is 0 Å². The van der Waals surface area contributed by atoms with Crippen LogP contribution in [0.2, 0.25) is 0 Å². The number of aromatic nitrogens is 3. The average molecular weight is 649 g/mol. The van der Waals surface area contributed by atoms with Crippen molar-refractivity contribution in [2.24, 2.45) is 0 Å². The zero-order valence-electron chi connectivity index (χ0n) is 26.3. The number of nitriles is 1. The Labute approximate surface area is 268 Å². The molecule has 0 bridgehead atoms. The van der Waals surface area contributed by atoms with Crippen molar-refractivity contribution >= 4 is 49.4 Å². The Morgan fingerprint density at radius 1 is 1.17 bits per heavy atom. The number of carbonyl (C=O) groups excluding carboxylic acids is 1. The molecule has 1 aromatic carbocycles. The Hall–Kier alpha value is -4.03. The molecule has 3 aliphatic heterocycles. The molecular formula is C32H34F2N8O3S. The van der Waals surface area contributed by atoms with Crippen LogP contribution in [0, 0.1) is 23.0 Å². The summed E-state index contributed by atoms with van der Waals surface area (Å²) in [5, 5.41) is 13.5. The quantitative estimate of drug-likeness (QED) is 0.307. The number of hydrogen-bond donors (Lipinski definition) is 1. The van der Waals surface area contributed by atoms with Crippen LogP contribution in [0.5, 0.6) is 0 Å². The first-order valence-corrected chi connectivity index (χ1v) is 16.0. The SMILES string of the molecule is CN(C)C1CN([C@H]2CCN(c3ncc4c5c(c(-c6ncc(F)c7sc(NC(=O)OC(C)(C)C)c(C#N)c67)c(F)c4n3)COC5)C2)C1. The van der Waals surface area contributed by atoms with E-state index < -0.39 is 23.3 Å². The predicted octanol–water partition coefficient (Wildman–Crippen LogP) is 5.26. The summed E-state index contributed by atoms with van der Waals surface area (Å²) in [7, 11) is 4.20. The van der Waals surface area contributed by atoms with Crippen LogP contribution in [0.3, 0.4) is 0 Å². The van der Waals surface area contributed by atoms with Crippen LogP contribution in [0.15, 0.2) is 12.4 Å². The summed E-state index contributed by atoms with van der Waals surface area (Å²) in [5.74, 6) is -0.899. The van der Waals surface area contributed by atoms with E-state index in [2.05, 4.69) is 50.1 Å². The fourth-order valence-corrected chi connectivity index (χ4v) is 7.53. The summed E-state index contributed by atoms with van der Waals surface area (Å²) in [6.07, 6.45) is 2.83. The molecule has 0 radical (unpaired) electrons. The largest absolute Gasteiger partial charge is 0.444 e. The summed E-state index contributed by atoms with van der Waals surface area (Å²) < 4.78 is 43.2. The molecule has 0 unspecified atom stereocenters. The van der Waals surface area contributed by atoms with Crippen LogP contribution in [0.1, 0.15) is 43.9 Å². The van der Waals surface area contributed by atoms with Gasteiger partial charge in [-0.15, -0.1) is 11.3 Å². The molecule has 3 aromatic heterocycles. The third-order valence-corrected chi connectivity index (χ3v) is 10.0. The molecule has 1 amide bonds. The number of benzene rings is 1. The lowest BCUT2D eigenvalue weighted by Gasteiger charge is -2.46. The number of fused-ring (bicyclic) bond motifs is 4. The number of amides is 1. The maximum absolute atomic E-state index is 16.9. The molecule has 6 heterocycles. The van der Waals surface area contributed by atoms with Crippen molar-refractivity contribution < 1.29 is 23.0 Å². The monoisotopic (exact) mass is 648 g/mol. The van der Waals surface area contributed by atoms with Gasteiger partial charge in [-0.25, -0.2) is 23.5 Å². The highest BCUT2D eigenvalue weighted by Crippen LogP contribution is 2.46. The summed E-state index contributed by atoms with van der Waals surface area (Å²) in [4.78, 5) is 33.1. The minimum absolute atomic E-state index is 0.0333. The summed E-state index contributed by atoms with van der Waals surface area (Å²) >= 11 is 0.869. The minimum atomic E-state index is -0.795. The molecule has 0 aliphatic carbocycles. The predicted molar refractivity (Wildman–Crippen MR) is 171 cm³/mol. The fraction of sp³-hybridized carbons (Fsp3) is 0.469. The van der Waals surface area contributed by atoms with Crippen molar-refractivity contribution in [3.63, 3.8) is 0 Å². The molecule has 7 rings (SSSR count). The van der Waals surface area contributed by atoms with Crippen LogP contribution in [0.4, 0.5) is 24.5 Å². The Morgan fingerprint density at radius 2 is 1.93 bits per heavy atom. The molecular weight excluding hydrogens is 614 g/mol. The Bertz CT molecular complexity index is 1930. The zero-order valence-corrected chi connectivity index (χ0v) is 27.1. The summed E-state index contributed by atoms with van der Waals surface area (Å²) in [6, 6.07) is 3.01. The number of nitrogens with one attached hydrogen (secondary N) is 1. The molecule has 46 heavy (non-hydrogen) atoms. The van der Waals surface area contributed by atoms with E-state index in [0.717, 1.165) is 55.7 Å². The van der Waals surface area contributed by atoms with Crippen LogP contribution in [-0.4, -0.2) is 88.8 Å². The first kappa shape index (κ1) is 30.6. The highest BCUT2D eigenvalue weighted by Gasteiger charge is 2.38. The number of halogens is 2. The molecule has 2 fully saturated rings. The van der Waals surface area contributed by atoms with Crippen molar-refractivity contribution in [3.8, 4) is 17.3 Å². The topological polar surface area (TPSA) is 120 Å². The second-order valence-corrected chi connectivity index (χ2v) is 14.3. The molecule has 1 atom stereocenters. The zero-order chi connectivity index (χ0) is 32.5. The van der Waals surface area contributed by atoms with E-state index in [0.29, 0.717) is 29.0 Å². The van der Waals surface area contributed by atoms with Gasteiger partial charge in [-0.3, -0.25) is 15.2 Å². The average Bonchev–Trinajstić information content (AvgIpc) is 3.71. The number of carbonyl (C=O) groups is 1. The van der Waals surface area contributed by atoms with E-state index in [1.165, 1.54) is 0 Å². The van der Waals surface area contributed by atoms with Gasteiger partial charge in [-0.05, 0) is 52.4 Å². The van der Waals surface area contributed by atoms with Crippen molar-refractivity contribution in [1.82, 2.24) is 24.8 Å². The van der Waals surface area contributed by atoms with Crippen molar-refractivity contribution in [2.45, 2.75) is 58.1 Å². The number of likely N-dealkylation sites (tertiary alicyclic amines) is 1. The number of thiophene rings is 1.